The normalized spacial score (nSPS) is 17.9. The first kappa shape index (κ1) is 27.5. The summed E-state index contributed by atoms with van der Waals surface area (Å²) < 4.78 is 11.1. The first-order chi connectivity index (χ1) is 17.0. The Morgan fingerprint density at radius 3 is 2.11 bits per heavy atom. The molecule has 0 bridgehead atoms. The molecule has 1 aliphatic carbocycles. The summed E-state index contributed by atoms with van der Waals surface area (Å²) in [5, 5.41) is 3.69. The largest absolute Gasteiger partial charge is 0.496 e. The molecule has 2 aromatic carbocycles. The first-order valence-corrected chi connectivity index (χ1v) is 12.7. The Kier molecular flexibility index (Phi) is 9.01. The highest BCUT2D eigenvalue weighted by atomic mass is 16.6. The second-order valence-corrected chi connectivity index (χ2v) is 10.8. The van der Waals surface area contributed by atoms with Gasteiger partial charge >= 0.3 is 6.09 Å². The number of rotatable bonds is 7. The minimum absolute atomic E-state index is 0.00632. The lowest BCUT2D eigenvalue weighted by atomic mass is 9.90. The summed E-state index contributed by atoms with van der Waals surface area (Å²) in [5.74, 6) is 0.845. The van der Waals surface area contributed by atoms with Crippen molar-refractivity contribution in [3.63, 3.8) is 0 Å². The van der Waals surface area contributed by atoms with E-state index in [9.17, 15) is 9.59 Å². The van der Waals surface area contributed by atoms with Crippen LogP contribution in [0.15, 0.2) is 42.5 Å². The molecule has 0 unspecified atom stereocenters. The molecular weight excluding hydrogens is 454 g/mol. The van der Waals surface area contributed by atoms with E-state index in [1.165, 1.54) is 0 Å². The van der Waals surface area contributed by atoms with Crippen molar-refractivity contribution in [3.05, 3.63) is 53.6 Å². The highest BCUT2D eigenvalue weighted by molar-refractivity contribution is 5.94. The molecule has 0 radical (unpaired) electrons. The van der Waals surface area contributed by atoms with Crippen molar-refractivity contribution < 1.29 is 19.1 Å². The summed E-state index contributed by atoms with van der Waals surface area (Å²) >= 11 is 0. The van der Waals surface area contributed by atoms with Crippen LogP contribution in [0.1, 0.15) is 62.4 Å². The molecule has 1 fully saturated rings. The maximum atomic E-state index is 12.4. The summed E-state index contributed by atoms with van der Waals surface area (Å²) in [6.45, 7) is 6.38. The first-order valence-electron chi connectivity index (χ1n) is 12.7. The average molecular weight is 496 g/mol. The van der Waals surface area contributed by atoms with E-state index in [0.717, 1.165) is 48.1 Å². The van der Waals surface area contributed by atoms with Gasteiger partial charge in [-0.25, -0.2) is 4.79 Å². The average Bonchev–Trinajstić information content (AvgIpc) is 2.85. The number of benzene rings is 2. The van der Waals surface area contributed by atoms with E-state index in [4.69, 9.17) is 9.47 Å². The zero-order chi connectivity index (χ0) is 26.5. The van der Waals surface area contributed by atoms with Crippen molar-refractivity contribution in [2.24, 2.45) is 0 Å². The Labute approximate surface area is 215 Å². The summed E-state index contributed by atoms with van der Waals surface area (Å²) in [4.78, 5) is 27.9. The van der Waals surface area contributed by atoms with Crippen LogP contribution in [0.5, 0.6) is 5.75 Å². The van der Waals surface area contributed by atoms with Crippen LogP contribution in [-0.2, 0) is 11.3 Å². The molecule has 0 aliphatic heterocycles. The van der Waals surface area contributed by atoms with Crippen molar-refractivity contribution in [1.82, 2.24) is 15.1 Å². The number of ether oxygens (including phenoxy) is 2. The van der Waals surface area contributed by atoms with Gasteiger partial charge in [-0.3, -0.25) is 4.79 Å². The van der Waals surface area contributed by atoms with E-state index < -0.39 is 5.60 Å². The second kappa shape index (κ2) is 11.8. The van der Waals surface area contributed by atoms with Crippen LogP contribution in [0.25, 0.3) is 11.1 Å². The Hall–Kier alpha value is -3.06. The monoisotopic (exact) mass is 495 g/mol. The number of nitrogens with one attached hydrogen (secondary N) is 1. The van der Waals surface area contributed by atoms with E-state index in [-0.39, 0.29) is 18.0 Å². The van der Waals surface area contributed by atoms with Crippen molar-refractivity contribution >= 4 is 12.0 Å². The minimum atomic E-state index is -0.483. The lowest BCUT2D eigenvalue weighted by molar-refractivity contribution is 0.0179. The van der Waals surface area contributed by atoms with Gasteiger partial charge in [-0.1, -0.05) is 18.2 Å². The molecule has 1 N–H and O–H groups in total. The Morgan fingerprint density at radius 1 is 0.944 bits per heavy atom. The van der Waals surface area contributed by atoms with E-state index in [2.05, 4.69) is 11.4 Å². The van der Waals surface area contributed by atoms with E-state index in [0.29, 0.717) is 18.2 Å². The van der Waals surface area contributed by atoms with Crippen LogP contribution in [0, 0.1) is 0 Å². The van der Waals surface area contributed by atoms with Gasteiger partial charge in [0.2, 0.25) is 0 Å². The molecule has 3 rings (SSSR count). The Morgan fingerprint density at radius 2 is 1.56 bits per heavy atom. The standard InChI is InChI=1S/C29H41N3O4/c1-29(2,3)36-28(34)32(6)25-15-13-24(14-16-25)30-19-23-18-22(12-17-26(23)35-7)20-8-10-21(11-9-20)27(33)31(4)5/h8-12,17-18,24-25,30H,13-16,19H2,1-7H3/t24-,25-. The number of amides is 2. The number of hydrogen-bond acceptors (Lipinski definition) is 5. The molecule has 0 atom stereocenters. The van der Waals surface area contributed by atoms with Crippen molar-refractivity contribution in [1.29, 1.82) is 0 Å². The predicted octanol–water partition coefficient (Wildman–Crippen LogP) is 5.33. The molecule has 0 aromatic heterocycles. The van der Waals surface area contributed by atoms with Gasteiger partial charge in [0.25, 0.3) is 5.91 Å². The third-order valence-corrected chi connectivity index (χ3v) is 6.66. The maximum absolute atomic E-state index is 12.4. The molecular formula is C29H41N3O4. The van der Waals surface area contributed by atoms with Crippen LogP contribution < -0.4 is 10.1 Å². The van der Waals surface area contributed by atoms with Gasteiger partial charge in [0.05, 0.1) is 7.11 Å². The van der Waals surface area contributed by atoms with Gasteiger partial charge in [-0.2, -0.15) is 0 Å². The smallest absolute Gasteiger partial charge is 0.410 e. The summed E-state index contributed by atoms with van der Waals surface area (Å²) in [7, 11) is 7.04. The maximum Gasteiger partial charge on any atom is 0.410 e. The SMILES string of the molecule is COc1ccc(-c2ccc(C(=O)N(C)C)cc2)cc1CN[C@H]1CC[C@H](N(C)C(=O)OC(C)(C)C)CC1. The van der Waals surface area contributed by atoms with Gasteiger partial charge in [-0.05, 0) is 81.8 Å². The fourth-order valence-electron chi connectivity index (χ4n) is 4.56. The molecule has 0 saturated heterocycles. The summed E-state index contributed by atoms with van der Waals surface area (Å²) in [6.07, 6.45) is 3.65. The van der Waals surface area contributed by atoms with Gasteiger partial charge in [0.1, 0.15) is 11.4 Å². The van der Waals surface area contributed by atoms with Crippen molar-refractivity contribution in [2.45, 2.75) is 70.7 Å². The van der Waals surface area contributed by atoms with Crippen LogP contribution in [0.3, 0.4) is 0 Å². The van der Waals surface area contributed by atoms with Crippen LogP contribution in [-0.4, -0.2) is 67.7 Å². The molecule has 196 valence electrons. The van der Waals surface area contributed by atoms with E-state index in [1.54, 1.807) is 31.0 Å². The van der Waals surface area contributed by atoms with Gasteiger partial charge in [0.15, 0.2) is 0 Å². The Balaban J connectivity index is 1.60. The highest BCUT2D eigenvalue weighted by Crippen LogP contribution is 2.29. The van der Waals surface area contributed by atoms with Crippen molar-refractivity contribution in [3.8, 4) is 16.9 Å². The van der Waals surface area contributed by atoms with Crippen LogP contribution >= 0.6 is 0 Å². The fourth-order valence-corrected chi connectivity index (χ4v) is 4.56. The molecule has 36 heavy (non-hydrogen) atoms. The molecule has 7 nitrogen and oxygen atoms in total. The molecule has 1 aliphatic rings. The summed E-state index contributed by atoms with van der Waals surface area (Å²) in [5.41, 5.74) is 3.42. The highest BCUT2D eigenvalue weighted by Gasteiger charge is 2.29. The molecule has 7 heteroatoms. The van der Waals surface area contributed by atoms with E-state index >= 15 is 0 Å². The van der Waals surface area contributed by atoms with Gasteiger partial charge in [0, 0.05) is 50.9 Å². The predicted molar refractivity (Wildman–Crippen MR) is 143 cm³/mol. The van der Waals surface area contributed by atoms with Gasteiger partial charge < -0.3 is 24.6 Å². The third kappa shape index (κ3) is 7.23. The minimum Gasteiger partial charge on any atom is -0.496 e. The number of methoxy groups -OCH3 is 1. The van der Waals surface area contributed by atoms with Gasteiger partial charge in [-0.15, -0.1) is 0 Å². The molecule has 2 aromatic rings. The molecule has 2 amide bonds. The lowest BCUT2D eigenvalue weighted by Crippen LogP contribution is -2.44. The second-order valence-electron chi connectivity index (χ2n) is 10.8. The summed E-state index contributed by atoms with van der Waals surface area (Å²) in [6, 6.07) is 14.5. The quantitative estimate of drug-likeness (QED) is 0.562. The zero-order valence-electron chi connectivity index (χ0n) is 22.8. The van der Waals surface area contributed by atoms with Crippen LogP contribution in [0.2, 0.25) is 0 Å². The number of nitrogens with zero attached hydrogens (tertiary/aromatic N) is 2. The lowest BCUT2D eigenvalue weighted by Gasteiger charge is -2.36. The molecule has 0 heterocycles. The van der Waals surface area contributed by atoms with Crippen molar-refractivity contribution in [2.75, 3.05) is 28.3 Å². The zero-order valence-corrected chi connectivity index (χ0v) is 22.8. The molecule has 0 spiro atoms. The fraction of sp³-hybridized carbons (Fsp3) is 0.517. The number of carbonyl (C=O) groups is 2. The Bertz CT molecular complexity index is 1040. The molecule has 1 saturated carbocycles. The number of carbonyl (C=O) groups excluding carboxylic acids is 2. The third-order valence-electron chi connectivity index (χ3n) is 6.66. The van der Waals surface area contributed by atoms with Crippen LogP contribution in [0.4, 0.5) is 4.79 Å². The topological polar surface area (TPSA) is 71.1 Å². The van der Waals surface area contributed by atoms with E-state index in [1.807, 2.05) is 64.2 Å². The number of hydrogen-bond donors (Lipinski definition) is 1.